The lowest BCUT2D eigenvalue weighted by atomic mass is 10.1. The van der Waals surface area contributed by atoms with E-state index in [1.54, 1.807) is 0 Å². The Kier molecular flexibility index (Phi) is 8.25. The molecule has 0 bridgehead atoms. The van der Waals surface area contributed by atoms with Crippen molar-refractivity contribution in [3.8, 4) is 0 Å². The number of rotatable bonds is 7. The van der Waals surface area contributed by atoms with Crippen LogP contribution in [0.5, 0.6) is 0 Å². The number of alkyl carbamates (subject to hydrolysis) is 1. The van der Waals surface area contributed by atoms with E-state index in [1.807, 2.05) is 50.7 Å². The fourth-order valence-electron chi connectivity index (χ4n) is 2.76. The van der Waals surface area contributed by atoms with E-state index in [0.29, 0.717) is 18.9 Å². The van der Waals surface area contributed by atoms with Crippen molar-refractivity contribution in [1.82, 2.24) is 5.32 Å². The lowest BCUT2D eigenvalue weighted by Crippen LogP contribution is -2.33. The van der Waals surface area contributed by atoms with Crippen molar-refractivity contribution in [3.05, 3.63) is 29.8 Å². The maximum atomic E-state index is 11.6. The normalized spacial score (nSPS) is 19.0. The van der Waals surface area contributed by atoms with Gasteiger partial charge in [0.05, 0.1) is 12.7 Å². The number of hydrogen-bond acceptors (Lipinski definition) is 5. The lowest BCUT2D eigenvalue weighted by Gasteiger charge is -2.21. The summed E-state index contributed by atoms with van der Waals surface area (Å²) in [6, 6.07) is 8.00. The van der Waals surface area contributed by atoms with Gasteiger partial charge in [-0.05, 0) is 63.6 Å². The number of carbonyl (C=O) groups excluding carboxylic acids is 1. The number of benzene rings is 1. The van der Waals surface area contributed by atoms with Crippen molar-refractivity contribution < 1.29 is 19.4 Å². The maximum absolute atomic E-state index is 11.6. The average Bonchev–Trinajstić information content (AvgIpc) is 2.59. The van der Waals surface area contributed by atoms with Gasteiger partial charge in [-0.25, -0.2) is 4.79 Å². The first kappa shape index (κ1) is 21.1. The quantitative estimate of drug-likeness (QED) is 0.695. The zero-order chi connectivity index (χ0) is 19.0. The average molecular weight is 382 g/mol. The van der Waals surface area contributed by atoms with Crippen LogP contribution in [0.1, 0.15) is 51.7 Å². The number of ether oxygens (including phenoxy) is 2. The molecule has 0 radical (unpaired) electrons. The molecule has 1 aliphatic heterocycles. The molecule has 26 heavy (non-hydrogen) atoms. The van der Waals surface area contributed by atoms with Gasteiger partial charge in [-0.1, -0.05) is 12.1 Å². The minimum Gasteiger partial charge on any atom is -0.444 e. The van der Waals surface area contributed by atoms with Crippen molar-refractivity contribution in [1.29, 1.82) is 0 Å². The summed E-state index contributed by atoms with van der Waals surface area (Å²) in [5, 5.41) is 13.1. The molecule has 2 atom stereocenters. The zero-order valence-corrected chi connectivity index (χ0v) is 16.8. The predicted octanol–water partition coefficient (Wildman–Crippen LogP) is 4.15. The van der Waals surface area contributed by atoms with E-state index in [4.69, 9.17) is 9.47 Å². The summed E-state index contributed by atoms with van der Waals surface area (Å²) in [7, 11) is 0. The van der Waals surface area contributed by atoms with E-state index in [9.17, 15) is 9.90 Å². The predicted molar refractivity (Wildman–Crippen MR) is 105 cm³/mol. The van der Waals surface area contributed by atoms with Crippen LogP contribution >= 0.6 is 11.8 Å². The molecule has 1 aromatic rings. The van der Waals surface area contributed by atoms with Crippen molar-refractivity contribution in [2.75, 3.05) is 25.5 Å². The van der Waals surface area contributed by atoms with Gasteiger partial charge in [0.2, 0.25) is 0 Å². The molecule has 146 valence electrons. The summed E-state index contributed by atoms with van der Waals surface area (Å²) in [5.74, 6) is 1.65. The molecule has 0 aromatic heterocycles. The molecule has 1 fully saturated rings. The summed E-state index contributed by atoms with van der Waals surface area (Å²) in [4.78, 5) is 12.8. The number of nitrogens with one attached hydrogen (secondary N) is 1. The molecule has 1 heterocycles. The Balaban J connectivity index is 1.76. The molecule has 0 aliphatic carbocycles. The van der Waals surface area contributed by atoms with E-state index in [1.165, 1.54) is 6.42 Å². The van der Waals surface area contributed by atoms with E-state index in [-0.39, 0.29) is 0 Å². The molecule has 5 nitrogen and oxygen atoms in total. The lowest BCUT2D eigenvalue weighted by molar-refractivity contribution is 0.0518. The largest absolute Gasteiger partial charge is 0.444 e. The Morgan fingerprint density at radius 3 is 2.96 bits per heavy atom. The first-order valence-corrected chi connectivity index (χ1v) is 10.3. The highest BCUT2D eigenvalue weighted by Gasteiger charge is 2.17. The summed E-state index contributed by atoms with van der Waals surface area (Å²) >= 11 is 1.81. The topological polar surface area (TPSA) is 67.8 Å². The van der Waals surface area contributed by atoms with Crippen LogP contribution in [0.2, 0.25) is 0 Å². The second-order valence-electron chi connectivity index (χ2n) is 7.70. The summed E-state index contributed by atoms with van der Waals surface area (Å²) in [5.41, 5.74) is 0.360. The first-order valence-electron chi connectivity index (χ1n) is 9.29. The number of carbonyl (C=O) groups is 1. The molecular weight excluding hydrogens is 350 g/mol. The van der Waals surface area contributed by atoms with Crippen LogP contribution in [0.3, 0.4) is 0 Å². The third-order valence-electron chi connectivity index (χ3n) is 4.07. The fourth-order valence-corrected chi connectivity index (χ4v) is 3.84. The smallest absolute Gasteiger partial charge is 0.407 e. The van der Waals surface area contributed by atoms with Gasteiger partial charge in [0.1, 0.15) is 5.60 Å². The Morgan fingerprint density at radius 1 is 1.46 bits per heavy atom. The number of aliphatic hydroxyl groups is 1. The highest BCUT2D eigenvalue weighted by molar-refractivity contribution is 7.99. The molecule has 1 amide bonds. The molecule has 1 aromatic carbocycles. The van der Waals surface area contributed by atoms with Crippen LogP contribution in [0.15, 0.2) is 29.2 Å². The van der Waals surface area contributed by atoms with Gasteiger partial charge in [0.15, 0.2) is 0 Å². The standard InChI is InChI=1S/C20H31NO4S/c1-20(2,3)25-19(23)21-10-9-18(22)16-7-4-8-17(12-16)26-14-15-6-5-11-24-13-15/h4,7-8,12,15,18,22H,5-6,9-11,13-14H2,1-3H3,(H,21,23). The highest BCUT2D eigenvalue weighted by Crippen LogP contribution is 2.27. The highest BCUT2D eigenvalue weighted by atomic mass is 32.2. The van der Waals surface area contributed by atoms with Crippen LogP contribution in [-0.4, -0.2) is 42.3 Å². The summed E-state index contributed by atoms with van der Waals surface area (Å²) in [6.45, 7) is 7.58. The van der Waals surface area contributed by atoms with Gasteiger partial charge >= 0.3 is 6.09 Å². The second kappa shape index (κ2) is 10.2. The second-order valence-corrected chi connectivity index (χ2v) is 8.79. The van der Waals surface area contributed by atoms with Gasteiger partial charge in [-0.15, -0.1) is 11.8 Å². The van der Waals surface area contributed by atoms with Crippen LogP contribution < -0.4 is 5.32 Å². The van der Waals surface area contributed by atoms with Gasteiger partial charge in [-0.2, -0.15) is 0 Å². The molecule has 1 saturated heterocycles. The molecular formula is C20H31NO4S. The molecule has 2 N–H and O–H groups in total. The minimum absolute atomic E-state index is 0.368. The molecule has 2 unspecified atom stereocenters. The van der Waals surface area contributed by atoms with E-state index < -0.39 is 17.8 Å². The third kappa shape index (κ3) is 7.98. The van der Waals surface area contributed by atoms with Gasteiger partial charge in [0.25, 0.3) is 0 Å². The summed E-state index contributed by atoms with van der Waals surface area (Å²) < 4.78 is 10.7. The SMILES string of the molecule is CC(C)(C)OC(=O)NCCC(O)c1cccc(SCC2CCCOC2)c1. The van der Waals surface area contributed by atoms with Crippen molar-refractivity contribution in [2.24, 2.45) is 5.92 Å². The first-order chi connectivity index (χ1) is 12.3. The molecule has 6 heteroatoms. The molecule has 0 spiro atoms. The van der Waals surface area contributed by atoms with Crippen LogP contribution in [0.4, 0.5) is 4.79 Å². The molecule has 1 aliphatic rings. The number of thioether (sulfide) groups is 1. The van der Waals surface area contributed by atoms with Crippen molar-refractivity contribution in [2.45, 2.75) is 56.6 Å². The van der Waals surface area contributed by atoms with E-state index in [0.717, 1.165) is 35.8 Å². The number of aliphatic hydroxyl groups excluding tert-OH is 1. The van der Waals surface area contributed by atoms with E-state index in [2.05, 4.69) is 11.4 Å². The summed E-state index contributed by atoms with van der Waals surface area (Å²) in [6.07, 6.45) is 1.76. The minimum atomic E-state index is -0.608. The van der Waals surface area contributed by atoms with Gasteiger partial charge in [-0.3, -0.25) is 0 Å². The Bertz CT molecular complexity index is 567. The van der Waals surface area contributed by atoms with Crippen molar-refractivity contribution in [3.63, 3.8) is 0 Å². The van der Waals surface area contributed by atoms with Gasteiger partial charge in [0, 0.05) is 23.8 Å². The van der Waals surface area contributed by atoms with Gasteiger partial charge < -0.3 is 19.9 Å². The molecule has 2 rings (SSSR count). The monoisotopic (exact) mass is 381 g/mol. The molecule has 0 saturated carbocycles. The maximum Gasteiger partial charge on any atom is 0.407 e. The zero-order valence-electron chi connectivity index (χ0n) is 16.0. The Hall–Kier alpha value is -1.24. The van der Waals surface area contributed by atoms with E-state index >= 15 is 0 Å². The van der Waals surface area contributed by atoms with Crippen LogP contribution in [0.25, 0.3) is 0 Å². The number of amides is 1. The van der Waals surface area contributed by atoms with Crippen LogP contribution in [-0.2, 0) is 9.47 Å². The van der Waals surface area contributed by atoms with Crippen molar-refractivity contribution >= 4 is 17.9 Å². The third-order valence-corrected chi connectivity index (χ3v) is 5.29. The Labute approximate surface area is 160 Å². The van der Waals surface area contributed by atoms with Crippen LogP contribution in [0, 0.1) is 5.92 Å². The fraction of sp³-hybridized carbons (Fsp3) is 0.650. The number of hydrogen-bond donors (Lipinski definition) is 2. The Morgan fingerprint density at radius 2 is 2.27 bits per heavy atom.